The summed E-state index contributed by atoms with van der Waals surface area (Å²) in [5.74, 6) is -0.961. The molecule has 41 heavy (non-hydrogen) atoms. The van der Waals surface area contributed by atoms with Crippen molar-refractivity contribution < 1.29 is 40.6 Å². The molecule has 1 N–H and O–H groups in total. The van der Waals surface area contributed by atoms with E-state index in [4.69, 9.17) is 9.47 Å². The Labute approximate surface area is 231 Å². The van der Waals surface area contributed by atoms with Crippen LogP contribution in [0.25, 0.3) is 11.4 Å². The summed E-state index contributed by atoms with van der Waals surface area (Å²) >= 11 is 0. The number of carbonyl (C=O) groups excluding carboxylic acids is 1. The van der Waals surface area contributed by atoms with E-state index in [1.54, 1.807) is 6.92 Å². The van der Waals surface area contributed by atoms with Gasteiger partial charge in [0.25, 0.3) is 0 Å². The molecule has 2 heterocycles. The summed E-state index contributed by atoms with van der Waals surface area (Å²) in [6.45, 7) is 8.21. The number of carbonyl (C=O) groups is 1. The summed E-state index contributed by atoms with van der Waals surface area (Å²) in [5, 5.41) is 6.38. The number of amidine groups is 1. The van der Waals surface area contributed by atoms with Crippen molar-refractivity contribution in [3.63, 3.8) is 0 Å². The third-order valence-corrected chi connectivity index (χ3v) is 5.45. The molecule has 0 radical (unpaired) electrons. The van der Waals surface area contributed by atoms with Crippen molar-refractivity contribution in [2.24, 2.45) is 4.99 Å². The van der Waals surface area contributed by atoms with Crippen molar-refractivity contribution in [2.45, 2.75) is 33.1 Å². The molecule has 3 aromatic rings. The van der Waals surface area contributed by atoms with E-state index >= 15 is 0 Å². The Morgan fingerprint density at radius 3 is 2.32 bits per heavy atom. The Bertz CT molecular complexity index is 1510. The lowest BCUT2D eigenvalue weighted by Gasteiger charge is -2.15. The van der Waals surface area contributed by atoms with Crippen LogP contribution in [0.15, 0.2) is 60.4 Å². The average Bonchev–Trinajstić information content (AvgIpc) is 3.30. The van der Waals surface area contributed by atoms with Gasteiger partial charge in [-0.1, -0.05) is 12.7 Å². The Kier molecular flexibility index (Phi) is 9.25. The van der Waals surface area contributed by atoms with Crippen LogP contribution < -0.4 is 10.1 Å². The average molecular weight is 582 g/mol. The lowest BCUT2D eigenvalue weighted by molar-refractivity contribution is -0.141. The number of rotatable bonds is 8. The quantitative estimate of drug-likeness (QED) is 0.103. The predicted octanol–water partition coefficient (Wildman–Crippen LogP) is 6.85. The number of allylic oxidation sites excluding steroid dienone is 2. The van der Waals surface area contributed by atoms with Crippen LogP contribution in [-0.4, -0.2) is 40.3 Å². The number of benzene rings is 1. The van der Waals surface area contributed by atoms with Crippen LogP contribution in [0.1, 0.15) is 46.7 Å². The minimum atomic E-state index is -4.77. The first-order valence-corrected chi connectivity index (χ1v) is 11.9. The molecule has 218 valence electrons. The number of anilines is 1. The summed E-state index contributed by atoms with van der Waals surface area (Å²) in [6.07, 6.45) is -5.58. The highest BCUT2D eigenvalue weighted by Crippen LogP contribution is 2.35. The van der Waals surface area contributed by atoms with E-state index in [9.17, 15) is 31.1 Å². The number of halogens is 6. The number of ether oxygens (including phenoxy) is 2. The van der Waals surface area contributed by atoms with Crippen LogP contribution in [0.4, 0.5) is 32.0 Å². The van der Waals surface area contributed by atoms with E-state index in [1.165, 1.54) is 51.6 Å². The number of aryl methyl sites for hydroxylation is 1. The van der Waals surface area contributed by atoms with E-state index < -0.39 is 29.6 Å². The van der Waals surface area contributed by atoms with Crippen molar-refractivity contribution in [1.82, 2.24) is 14.8 Å². The summed E-state index contributed by atoms with van der Waals surface area (Å²) in [4.78, 5) is 20.7. The van der Waals surface area contributed by atoms with Crippen molar-refractivity contribution in [3.05, 3.63) is 83.5 Å². The van der Waals surface area contributed by atoms with Gasteiger partial charge >= 0.3 is 18.3 Å². The van der Waals surface area contributed by atoms with Crippen LogP contribution in [0.5, 0.6) is 5.75 Å². The number of aliphatic imine (C=N–C) groups is 1. The Balaban J connectivity index is 2.22. The van der Waals surface area contributed by atoms with E-state index in [1.807, 2.05) is 0 Å². The molecule has 14 heteroatoms. The Hall–Kier alpha value is -4.62. The van der Waals surface area contributed by atoms with Crippen LogP contribution in [0, 0.1) is 6.92 Å². The predicted molar refractivity (Wildman–Crippen MR) is 140 cm³/mol. The molecule has 2 aromatic heterocycles. The van der Waals surface area contributed by atoms with Gasteiger partial charge in [0.05, 0.1) is 24.8 Å². The molecule has 0 saturated heterocycles. The minimum Gasteiger partial charge on any atom is -0.497 e. The number of alkyl halides is 6. The van der Waals surface area contributed by atoms with Gasteiger partial charge in [0.1, 0.15) is 11.6 Å². The van der Waals surface area contributed by atoms with Crippen LogP contribution in [0.2, 0.25) is 0 Å². The molecule has 0 atom stereocenters. The topological polar surface area (TPSA) is 90.6 Å². The maximum atomic E-state index is 13.5. The van der Waals surface area contributed by atoms with E-state index in [-0.39, 0.29) is 52.1 Å². The third kappa shape index (κ3) is 7.52. The molecule has 1 aromatic carbocycles. The van der Waals surface area contributed by atoms with Crippen LogP contribution in [0.3, 0.4) is 0 Å². The van der Waals surface area contributed by atoms with Gasteiger partial charge in [0, 0.05) is 41.0 Å². The molecule has 0 amide bonds. The highest BCUT2D eigenvalue weighted by Gasteiger charge is 2.35. The standard InChI is InChI=1S/C27H25F6N5O3/c1-6-22(17-9-18(14-34-13-17)25(39)41-7-2)24(38-15(3)8-23(37-38)27(31,32)33)36-16(4)35-20-10-19(26(28,29)30)11-21(12-20)40-5/h6,8-14H,1,7H2,2-5H3,(H,35,36)/b24-22-. The number of hydrogen-bond acceptors (Lipinski definition) is 6. The molecule has 0 aliphatic heterocycles. The van der Waals surface area contributed by atoms with Gasteiger partial charge in [-0.3, -0.25) is 4.98 Å². The SMILES string of the molecule is C=C/C(=C(\N=C(/C)Nc1cc(OC)cc(C(F)(F)F)c1)n1nc(C(F)(F)F)cc1C)c1cncc(C(=O)OCC)c1. The monoisotopic (exact) mass is 581 g/mol. The van der Waals surface area contributed by atoms with Gasteiger partial charge in [0.15, 0.2) is 11.5 Å². The number of pyridine rings is 1. The summed E-state index contributed by atoms with van der Waals surface area (Å²) in [5.41, 5.74) is -1.78. The Morgan fingerprint density at radius 1 is 1.07 bits per heavy atom. The first-order valence-electron chi connectivity index (χ1n) is 11.9. The third-order valence-electron chi connectivity index (χ3n) is 5.45. The van der Waals surface area contributed by atoms with Gasteiger partial charge in [-0.2, -0.15) is 31.4 Å². The zero-order valence-electron chi connectivity index (χ0n) is 22.3. The number of nitrogens with zero attached hydrogens (tertiary/aromatic N) is 4. The first-order chi connectivity index (χ1) is 19.2. The molecule has 0 fully saturated rings. The van der Waals surface area contributed by atoms with Crippen molar-refractivity contribution >= 4 is 28.9 Å². The molecule has 0 aliphatic carbocycles. The molecule has 3 rings (SSSR count). The number of nitrogens with one attached hydrogen (secondary N) is 1. The molecule has 0 unspecified atom stereocenters. The summed E-state index contributed by atoms with van der Waals surface area (Å²) < 4.78 is 91.6. The summed E-state index contributed by atoms with van der Waals surface area (Å²) in [6, 6.07) is 5.13. The minimum absolute atomic E-state index is 0.0151. The second-order valence-electron chi connectivity index (χ2n) is 8.47. The number of aromatic nitrogens is 3. The van der Waals surface area contributed by atoms with Crippen molar-refractivity contribution in [2.75, 3.05) is 19.0 Å². The molecular weight excluding hydrogens is 556 g/mol. The highest BCUT2D eigenvalue weighted by molar-refractivity contribution is 6.00. The van der Waals surface area contributed by atoms with Gasteiger partial charge in [-0.25, -0.2) is 14.5 Å². The van der Waals surface area contributed by atoms with Crippen LogP contribution >= 0.6 is 0 Å². The number of hydrogen-bond donors (Lipinski definition) is 1. The molecule has 8 nitrogen and oxygen atoms in total. The molecule has 0 aliphatic rings. The Morgan fingerprint density at radius 2 is 1.76 bits per heavy atom. The van der Waals surface area contributed by atoms with Gasteiger partial charge < -0.3 is 14.8 Å². The largest absolute Gasteiger partial charge is 0.497 e. The first kappa shape index (κ1) is 30.9. The highest BCUT2D eigenvalue weighted by atomic mass is 19.4. The normalized spacial score (nSPS) is 13.0. The molecule has 0 saturated carbocycles. The second kappa shape index (κ2) is 12.3. The number of esters is 1. The van der Waals surface area contributed by atoms with Gasteiger partial charge in [0.2, 0.25) is 0 Å². The lowest BCUT2D eigenvalue weighted by Crippen LogP contribution is -2.13. The second-order valence-corrected chi connectivity index (χ2v) is 8.47. The fourth-order valence-corrected chi connectivity index (χ4v) is 3.65. The maximum absolute atomic E-state index is 13.5. The van der Waals surface area contributed by atoms with Crippen LogP contribution in [-0.2, 0) is 17.1 Å². The van der Waals surface area contributed by atoms with Gasteiger partial charge in [-0.15, -0.1) is 0 Å². The maximum Gasteiger partial charge on any atom is 0.435 e. The summed E-state index contributed by atoms with van der Waals surface area (Å²) in [7, 11) is 1.20. The zero-order chi connectivity index (χ0) is 30.5. The number of methoxy groups -OCH3 is 1. The fraction of sp³-hybridized carbons (Fsp3) is 0.259. The molecule has 0 spiro atoms. The fourth-order valence-electron chi connectivity index (χ4n) is 3.65. The van der Waals surface area contributed by atoms with E-state index in [0.29, 0.717) is 0 Å². The molecule has 0 bridgehead atoms. The van der Waals surface area contributed by atoms with Crippen molar-refractivity contribution in [3.8, 4) is 5.75 Å². The van der Waals surface area contributed by atoms with Gasteiger partial charge in [-0.05, 0) is 45.0 Å². The molecular formula is C27H25F6N5O3. The zero-order valence-corrected chi connectivity index (χ0v) is 22.3. The van der Waals surface area contributed by atoms with E-state index in [0.717, 1.165) is 22.9 Å². The lowest BCUT2D eigenvalue weighted by atomic mass is 10.1. The van der Waals surface area contributed by atoms with E-state index in [2.05, 4.69) is 27.0 Å². The smallest absolute Gasteiger partial charge is 0.435 e. The van der Waals surface area contributed by atoms with Crippen molar-refractivity contribution in [1.29, 1.82) is 0 Å².